The highest BCUT2D eigenvalue weighted by Gasteiger charge is 2.79. The van der Waals surface area contributed by atoms with Gasteiger partial charge in [-0.05, 0) is 19.3 Å². The van der Waals surface area contributed by atoms with Crippen LogP contribution in [0.3, 0.4) is 0 Å². The van der Waals surface area contributed by atoms with E-state index in [-0.39, 0.29) is 5.92 Å². The molecule has 0 spiro atoms. The number of fused-ring (bicyclic) bond motifs is 2. The van der Waals surface area contributed by atoms with E-state index in [1.54, 1.807) is 6.92 Å². The Morgan fingerprint density at radius 1 is 1.17 bits per heavy atom. The van der Waals surface area contributed by atoms with E-state index in [1.807, 2.05) is 19.9 Å². The lowest BCUT2D eigenvalue weighted by Gasteiger charge is -2.72. The molecule has 0 bridgehead atoms. The van der Waals surface area contributed by atoms with Crippen LogP contribution in [0.1, 0.15) is 34.1 Å². The predicted octanol–water partition coefficient (Wildman–Crippen LogP) is -0.640. The van der Waals surface area contributed by atoms with Gasteiger partial charge in [-0.1, -0.05) is 32.4 Å². The molecule has 29 heavy (non-hydrogen) atoms. The Bertz CT molecular complexity index is 753. The minimum absolute atomic E-state index is 0.269. The average molecular weight is 412 g/mol. The first-order chi connectivity index (χ1) is 13.4. The van der Waals surface area contributed by atoms with Crippen molar-refractivity contribution in [3.63, 3.8) is 0 Å². The Morgan fingerprint density at radius 3 is 2.38 bits per heavy atom. The molecule has 12 atom stereocenters. The molecule has 0 radical (unpaired) electrons. The van der Waals surface area contributed by atoms with E-state index in [2.05, 4.69) is 0 Å². The summed E-state index contributed by atoms with van der Waals surface area (Å²) < 4.78 is 11.1. The SMILES string of the molecule is CO[C@H]1C=C(C)[C@@H]2C[C@H]3OC(=O)[C@H](O)[C@@]4(O)[C@@H](C)[C@@H](O)[C@H](O)[C@H]([C@@]2(C)[C@@H]1O)[C@@]34C. The van der Waals surface area contributed by atoms with Crippen LogP contribution in [0.5, 0.6) is 0 Å². The van der Waals surface area contributed by atoms with Gasteiger partial charge in [0, 0.05) is 29.8 Å². The van der Waals surface area contributed by atoms with E-state index in [0.717, 1.165) is 5.57 Å². The Morgan fingerprint density at radius 2 is 1.79 bits per heavy atom. The highest BCUT2D eigenvalue weighted by atomic mass is 16.6. The minimum Gasteiger partial charge on any atom is -0.460 e. The van der Waals surface area contributed by atoms with Crippen LogP contribution in [0.2, 0.25) is 0 Å². The zero-order valence-corrected chi connectivity index (χ0v) is 17.4. The molecule has 8 heteroatoms. The Labute approximate surface area is 170 Å². The van der Waals surface area contributed by atoms with Crippen molar-refractivity contribution in [2.45, 2.75) is 76.3 Å². The maximum atomic E-state index is 12.5. The van der Waals surface area contributed by atoms with E-state index in [9.17, 15) is 30.3 Å². The lowest BCUT2D eigenvalue weighted by molar-refractivity contribution is -0.361. The van der Waals surface area contributed by atoms with Crippen LogP contribution in [-0.2, 0) is 14.3 Å². The van der Waals surface area contributed by atoms with Crippen molar-refractivity contribution in [3.05, 3.63) is 11.6 Å². The number of ether oxygens (including phenoxy) is 2. The Hall–Kier alpha value is -1.03. The zero-order chi connectivity index (χ0) is 21.7. The molecule has 1 aliphatic heterocycles. The number of esters is 1. The van der Waals surface area contributed by atoms with Crippen LogP contribution < -0.4 is 0 Å². The third-order valence-corrected chi connectivity index (χ3v) is 9.04. The summed E-state index contributed by atoms with van der Waals surface area (Å²) in [6.07, 6.45) is -4.83. The van der Waals surface area contributed by atoms with Crippen LogP contribution in [-0.4, -0.2) is 80.8 Å². The number of rotatable bonds is 1. The molecule has 4 aliphatic rings. The highest BCUT2D eigenvalue weighted by molar-refractivity contribution is 5.78. The normalized spacial score (nSPS) is 59.3. The molecule has 8 nitrogen and oxygen atoms in total. The summed E-state index contributed by atoms with van der Waals surface area (Å²) in [4.78, 5) is 12.5. The fraction of sp³-hybridized carbons (Fsp3) is 0.857. The van der Waals surface area contributed by atoms with Crippen LogP contribution >= 0.6 is 0 Å². The van der Waals surface area contributed by atoms with Crippen molar-refractivity contribution < 1.29 is 39.8 Å². The molecule has 0 unspecified atom stereocenters. The predicted molar refractivity (Wildman–Crippen MR) is 100 cm³/mol. The van der Waals surface area contributed by atoms with E-state index in [4.69, 9.17) is 9.47 Å². The topological polar surface area (TPSA) is 137 Å². The summed E-state index contributed by atoms with van der Waals surface area (Å²) in [6.45, 7) is 6.94. The molecule has 1 heterocycles. The van der Waals surface area contributed by atoms with Crippen molar-refractivity contribution in [1.29, 1.82) is 0 Å². The van der Waals surface area contributed by atoms with Crippen LogP contribution in [0.15, 0.2) is 11.6 Å². The molecule has 1 saturated heterocycles. The standard InChI is InChI=1S/C21H32O8/c1-8-6-11(28-5)16(24)19(3)10(8)7-12-20(4)15(19)14(23)13(22)9(2)21(20,27)17(25)18(26)29-12/h6,9-17,22-25,27H,7H2,1-5H3/t9-,10-,11-,12+,13+,14-,15+,16+,17-,19-,20+,21-/m0/s1. The van der Waals surface area contributed by atoms with E-state index in [1.165, 1.54) is 14.0 Å². The fourth-order valence-electron chi connectivity index (χ4n) is 7.43. The van der Waals surface area contributed by atoms with E-state index >= 15 is 0 Å². The lowest BCUT2D eigenvalue weighted by Crippen LogP contribution is -2.83. The lowest BCUT2D eigenvalue weighted by atomic mass is 9.36. The number of carbonyl (C=O) groups is 1. The highest BCUT2D eigenvalue weighted by Crippen LogP contribution is 2.69. The van der Waals surface area contributed by atoms with E-state index < -0.39 is 70.9 Å². The van der Waals surface area contributed by atoms with Gasteiger partial charge in [-0.25, -0.2) is 4.79 Å². The summed E-state index contributed by atoms with van der Waals surface area (Å²) in [5, 5.41) is 55.9. The molecule has 0 aromatic carbocycles. The molecular weight excluding hydrogens is 380 g/mol. The van der Waals surface area contributed by atoms with Gasteiger partial charge in [0.2, 0.25) is 0 Å². The maximum absolute atomic E-state index is 12.5. The second-order valence-electron chi connectivity index (χ2n) is 9.89. The van der Waals surface area contributed by atoms with Crippen molar-refractivity contribution in [1.82, 2.24) is 0 Å². The third kappa shape index (κ3) is 2.17. The molecule has 0 aromatic rings. The second kappa shape index (κ2) is 6.24. The molecule has 0 amide bonds. The number of hydrogen-bond acceptors (Lipinski definition) is 8. The smallest absolute Gasteiger partial charge is 0.338 e. The second-order valence-corrected chi connectivity index (χ2v) is 9.89. The molecule has 5 N–H and O–H groups in total. The van der Waals surface area contributed by atoms with E-state index in [0.29, 0.717) is 6.42 Å². The molecule has 164 valence electrons. The van der Waals surface area contributed by atoms with Crippen LogP contribution in [0.4, 0.5) is 0 Å². The van der Waals surface area contributed by atoms with Crippen molar-refractivity contribution in [3.8, 4) is 0 Å². The van der Waals surface area contributed by atoms with Crippen molar-refractivity contribution in [2.75, 3.05) is 7.11 Å². The Kier molecular flexibility index (Phi) is 4.57. The number of allylic oxidation sites excluding steroid dienone is 1. The first-order valence-corrected chi connectivity index (χ1v) is 10.2. The third-order valence-electron chi connectivity index (χ3n) is 9.04. The summed E-state index contributed by atoms with van der Waals surface area (Å²) in [6, 6.07) is 0. The number of aliphatic hydroxyl groups excluding tert-OH is 4. The minimum atomic E-state index is -2.03. The molecule has 2 saturated carbocycles. The largest absolute Gasteiger partial charge is 0.460 e. The molecule has 4 rings (SSSR count). The summed E-state index contributed by atoms with van der Waals surface area (Å²) >= 11 is 0. The van der Waals surface area contributed by atoms with Gasteiger partial charge in [0.15, 0.2) is 6.10 Å². The van der Waals surface area contributed by atoms with Gasteiger partial charge < -0.3 is 35.0 Å². The monoisotopic (exact) mass is 412 g/mol. The first kappa shape index (κ1) is 21.2. The maximum Gasteiger partial charge on any atom is 0.338 e. The quantitative estimate of drug-likeness (QED) is 0.283. The fourth-order valence-corrected chi connectivity index (χ4v) is 7.43. The van der Waals surface area contributed by atoms with Gasteiger partial charge in [-0.15, -0.1) is 0 Å². The molecule has 3 aliphatic carbocycles. The van der Waals surface area contributed by atoms with Gasteiger partial charge in [0.25, 0.3) is 0 Å². The van der Waals surface area contributed by atoms with Crippen LogP contribution in [0, 0.1) is 28.6 Å². The number of aliphatic hydroxyl groups is 5. The molecule has 3 fully saturated rings. The average Bonchev–Trinajstić information content (AvgIpc) is 2.67. The zero-order valence-electron chi connectivity index (χ0n) is 17.4. The van der Waals surface area contributed by atoms with Gasteiger partial charge in [-0.3, -0.25) is 0 Å². The Balaban J connectivity index is 1.99. The molecular formula is C21H32O8. The van der Waals surface area contributed by atoms with Gasteiger partial charge >= 0.3 is 5.97 Å². The summed E-state index contributed by atoms with van der Waals surface area (Å²) in [5.74, 6) is -3.05. The number of carbonyl (C=O) groups excluding carboxylic acids is 1. The van der Waals surface area contributed by atoms with Gasteiger partial charge in [-0.2, -0.15) is 0 Å². The summed E-state index contributed by atoms with van der Waals surface area (Å²) in [5.41, 5.74) is -3.39. The van der Waals surface area contributed by atoms with Gasteiger partial charge in [0.1, 0.15) is 17.8 Å². The van der Waals surface area contributed by atoms with Gasteiger partial charge in [0.05, 0.1) is 18.3 Å². The number of hydrogen-bond donors (Lipinski definition) is 5. The van der Waals surface area contributed by atoms with Crippen LogP contribution in [0.25, 0.3) is 0 Å². The summed E-state index contributed by atoms with van der Waals surface area (Å²) in [7, 11) is 1.49. The van der Waals surface area contributed by atoms with Crippen molar-refractivity contribution >= 4 is 5.97 Å². The van der Waals surface area contributed by atoms with Crippen molar-refractivity contribution in [2.24, 2.45) is 28.6 Å². The molecule has 0 aromatic heterocycles. The number of methoxy groups -OCH3 is 1. The first-order valence-electron chi connectivity index (χ1n) is 10.2.